The zero-order valence-corrected chi connectivity index (χ0v) is 11.4. The van der Waals surface area contributed by atoms with Gasteiger partial charge in [0.05, 0.1) is 0 Å². The number of rotatable bonds is 2. The molecule has 3 nitrogen and oxygen atoms in total. The summed E-state index contributed by atoms with van der Waals surface area (Å²) in [5.41, 5.74) is 2.57. The molecule has 1 aromatic rings. The average molecular weight is 246 g/mol. The van der Waals surface area contributed by atoms with E-state index in [1.807, 2.05) is 20.8 Å². The van der Waals surface area contributed by atoms with Crippen LogP contribution in [0.25, 0.3) is 0 Å². The molecule has 2 N–H and O–H groups in total. The Morgan fingerprint density at radius 3 is 2.67 bits per heavy atom. The van der Waals surface area contributed by atoms with Gasteiger partial charge in [0.1, 0.15) is 0 Å². The molecule has 0 saturated heterocycles. The molecule has 0 unspecified atom stereocenters. The fraction of sp³-hybridized carbons (Fsp3) is 0.533. The molecular weight excluding hydrogens is 224 g/mol. The van der Waals surface area contributed by atoms with Gasteiger partial charge in [0, 0.05) is 24.5 Å². The Labute approximate surface area is 109 Å². The predicted octanol–water partition coefficient (Wildman–Crippen LogP) is 2.01. The van der Waals surface area contributed by atoms with Crippen molar-refractivity contribution in [1.29, 1.82) is 0 Å². The van der Waals surface area contributed by atoms with Crippen LogP contribution in [-0.4, -0.2) is 17.5 Å². The minimum Gasteiger partial charge on any atom is -0.351 e. The molecule has 1 amide bonds. The number of benzene rings is 1. The molecule has 0 fully saturated rings. The summed E-state index contributed by atoms with van der Waals surface area (Å²) in [4.78, 5) is 11.9. The summed E-state index contributed by atoms with van der Waals surface area (Å²) in [5, 5.41) is 6.44. The van der Waals surface area contributed by atoms with Gasteiger partial charge in [0.2, 0.25) is 5.91 Å². The third kappa shape index (κ3) is 3.57. The van der Waals surface area contributed by atoms with Crippen molar-refractivity contribution in [1.82, 2.24) is 10.6 Å². The molecule has 0 aromatic heterocycles. The number of fused-ring (bicyclic) bond motifs is 1. The maximum absolute atomic E-state index is 11.9. The van der Waals surface area contributed by atoms with E-state index in [9.17, 15) is 4.79 Å². The lowest BCUT2D eigenvalue weighted by molar-refractivity contribution is -0.123. The molecule has 0 saturated carbocycles. The van der Waals surface area contributed by atoms with Gasteiger partial charge in [-0.2, -0.15) is 0 Å². The Morgan fingerprint density at radius 2 is 2.00 bits per heavy atom. The van der Waals surface area contributed by atoms with Gasteiger partial charge in [-0.3, -0.25) is 4.79 Å². The smallest absolute Gasteiger partial charge is 0.221 e. The van der Waals surface area contributed by atoms with E-state index in [0.717, 1.165) is 13.0 Å². The summed E-state index contributed by atoms with van der Waals surface area (Å²) in [6.07, 6.45) is 1.49. The fourth-order valence-corrected chi connectivity index (χ4v) is 2.36. The van der Waals surface area contributed by atoms with Crippen LogP contribution in [0.1, 0.15) is 38.3 Å². The van der Waals surface area contributed by atoms with Gasteiger partial charge >= 0.3 is 0 Å². The lowest BCUT2D eigenvalue weighted by Gasteiger charge is -2.27. The van der Waals surface area contributed by atoms with Crippen molar-refractivity contribution in [2.24, 2.45) is 0 Å². The highest BCUT2D eigenvalue weighted by atomic mass is 16.1. The number of hydrogen-bond acceptors (Lipinski definition) is 2. The molecule has 1 heterocycles. The zero-order chi connectivity index (χ0) is 13.2. The SMILES string of the molecule is CC(C)(C)NC(=O)C[C@@H]1Cc2ccccc2CN1. The van der Waals surface area contributed by atoms with E-state index in [4.69, 9.17) is 0 Å². The summed E-state index contributed by atoms with van der Waals surface area (Å²) in [5.74, 6) is 0.124. The van der Waals surface area contributed by atoms with Crippen LogP contribution in [0.4, 0.5) is 0 Å². The first-order chi connectivity index (χ1) is 8.44. The molecular formula is C15H22N2O. The maximum Gasteiger partial charge on any atom is 0.221 e. The van der Waals surface area contributed by atoms with Crippen LogP contribution in [0, 0.1) is 0 Å². The average Bonchev–Trinajstić information content (AvgIpc) is 2.26. The van der Waals surface area contributed by atoms with Crippen molar-refractivity contribution >= 4 is 5.91 Å². The maximum atomic E-state index is 11.9. The molecule has 18 heavy (non-hydrogen) atoms. The number of carbonyl (C=O) groups is 1. The Kier molecular flexibility index (Phi) is 3.71. The molecule has 0 spiro atoms. The summed E-state index contributed by atoms with van der Waals surface area (Å²) in [6, 6.07) is 8.68. The van der Waals surface area contributed by atoms with E-state index in [1.165, 1.54) is 11.1 Å². The van der Waals surface area contributed by atoms with Crippen molar-refractivity contribution in [3.63, 3.8) is 0 Å². The van der Waals surface area contributed by atoms with Gasteiger partial charge in [0.25, 0.3) is 0 Å². The van der Waals surface area contributed by atoms with Crippen molar-refractivity contribution in [2.45, 2.75) is 51.7 Å². The molecule has 0 aliphatic carbocycles. The monoisotopic (exact) mass is 246 g/mol. The van der Waals surface area contributed by atoms with Crippen molar-refractivity contribution < 1.29 is 4.79 Å². The van der Waals surface area contributed by atoms with Gasteiger partial charge in [0.15, 0.2) is 0 Å². The molecule has 1 aliphatic rings. The number of nitrogens with one attached hydrogen (secondary N) is 2. The molecule has 2 rings (SSSR count). The largest absolute Gasteiger partial charge is 0.351 e. The van der Waals surface area contributed by atoms with Crippen molar-refractivity contribution in [3.05, 3.63) is 35.4 Å². The molecule has 3 heteroatoms. The van der Waals surface area contributed by atoms with Gasteiger partial charge in [-0.1, -0.05) is 24.3 Å². The first-order valence-corrected chi connectivity index (χ1v) is 6.55. The number of hydrogen-bond donors (Lipinski definition) is 2. The lowest BCUT2D eigenvalue weighted by atomic mass is 9.94. The van der Waals surface area contributed by atoms with Gasteiger partial charge in [-0.15, -0.1) is 0 Å². The van der Waals surface area contributed by atoms with E-state index >= 15 is 0 Å². The highest BCUT2D eigenvalue weighted by Crippen LogP contribution is 2.17. The van der Waals surface area contributed by atoms with Crippen LogP contribution < -0.4 is 10.6 Å². The first kappa shape index (κ1) is 13.1. The summed E-state index contributed by atoms with van der Waals surface area (Å²) >= 11 is 0. The number of amides is 1. The fourth-order valence-electron chi connectivity index (χ4n) is 2.36. The van der Waals surface area contributed by atoms with E-state index < -0.39 is 0 Å². The van der Waals surface area contributed by atoms with Crippen LogP contribution in [0.5, 0.6) is 0 Å². The van der Waals surface area contributed by atoms with Crippen LogP contribution in [-0.2, 0) is 17.8 Å². The highest BCUT2D eigenvalue weighted by molar-refractivity contribution is 5.77. The summed E-state index contributed by atoms with van der Waals surface area (Å²) < 4.78 is 0. The first-order valence-electron chi connectivity index (χ1n) is 6.55. The zero-order valence-electron chi connectivity index (χ0n) is 11.4. The second-order valence-corrected chi connectivity index (χ2v) is 6.05. The highest BCUT2D eigenvalue weighted by Gasteiger charge is 2.22. The quantitative estimate of drug-likeness (QED) is 0.838. The molecule has 0 bridgehead atoms. The predicted molar refractivity (Wildman–Crippen MR) is 73.3 cm³/mol. The Balaban J connectivity index is 1.92. The molecule has 1 aliphatic heterocycles. The van der Waals surface area contributed by atoms with Crippen molar-refractivity contribution in [2.75, 3.05) is 0 Å². The Morgan fingerprint density at radius 1 is 1.33 bits per heavy atom. The van der Waals surface area contributed by atoms with Crippen molar-refractivity contribution in [3.8, 4) is 0 Å². The topological polar surface area (TPSA) is 41.1 Å². The second kappa shape index (κ2) is 5.11. The van der Waals surface area contributed by atoms with E-state index in [-0.39, 0.29) is 17.5 Å². The van der Waals surface area contributed by atoms with Crippen LogP contribution >= 0.6 is 0 Å². The third-order valence-electron chi connectivity index (χ3n) is 3.11. The summed E-state index contributed by atoms with van der Waals surface area (Å²) in [7, 11) is 0. The second-order valence-electron chi connectivity index (χ2n) is 6.05. The van der Waals surface area contributed by atoms with Gasteiger partial charge < -0.3 is 10.6 Å². The standard InChI is InChI=1S/C15H22N2O/c1-15(2,3)17-14(18)9-13-8-11-6-4-5-7-12(11)10-16-13/h4-7,13,16H,8-10H2,1-3H3,(H,17,18)/t13-/m0/s1. The van der Waals surface area contributed by atoms with E-state index in [1.54, 1.807) is 0 Å². The molecule has 0 radical (unpaired) electrons. The third-order valence-corrected chi connectivity index (χ3v) is 3.11. The lowest BCUT2D eigenvalue weighted by Crippen LogP contribution is -2.45. The Bertz CT molecular complexity index is 434. The molecule has 1 aromatic carbocycles. The minimum absolute atomic E-state index is 0.124. The van der Waals surface area contributed by atoms with Crippen LogP contribution in [0.2, 0.25) is 0 Å². The molecule has 98 valence electrons. The Hall–Kier alpha value is -1.35. The van der Waals surface area contributed by atoms with Crippen LogP contribution in [0.3, 0.4) is 0 Å². The number of carbonyl (C=O) groups excluding carboxylic acids is 1. The van der Waals surface area contributed by atoms with Crippen LogP contribution in [0.15, 0.2) is 24.3 Å². The van der Waals surface area contributed by atoms with E-state index in [2.05, 4.69) is 34.9 Å². The van der Waals surface area contributed by atoms with E-state index in [0.29, 0.717) is 6.42 Å². The minimum atomic E-state index is -0.149. The molecule has 1 atom stereocenters. The summed E-state index contributed by atoms with van der Waals surface area (Å²) in [6.45, 7) is 6.89. The van der Waals surface area contributed by atoms with Gasteiger partial charge in [-0.05, 0) is 38.3 Å². The van der Waals surface area contributed by atoms with Gasteiger partial charge in [-0.25, -0.2) is 0 Å². The normalized spacial score (nSPS) is 19.2.